The second-order valence-corrected chi connectivity index (χ2v) is 6.95. The first-order valence-electron chi connectivity index (χ1n) is 8.33. The van der Waals surface area contributed by atoms with E-state index >= 15 is 0 Å². The van der Waals surface area contributed by atoms with Crippen LogP contribution in [0, 0.1) is 5.82 Å². The third kappa shape index (κ3) is 4.70. The molecule has 0 spiro atoms. The fourth-order valence-electron chi connectivity index (χ4n) is 2.79. The van der Waals surface area contributed by atoms with E-state index in [9.17, 15) is 14.0 Å². The summed E-state index contributed by atoms with van der Waals surface area (Å²) in [5.74, 6) is -0.481. The van der Waals surface area contributed by atoms with Crippen molar-refractivity contribution in [1.29, 1.82) is 0 Å². The van der Waals surface area contributed by atoms with E-state index in [-0.39, 0.29) is 23.9 Å². The zero-order chi connectivity index (χ0) is 18.5. The van der Waals surface area contributed by atoms with Gasteiger partial charge in [-0.05, 0) is 30.3 Å². The number of nitrogens with one attached hydrogen (secondary N) is 1. The normalized spacial score (nSPS) is 15.1. The second kappa shape index (κ2) is 8.46. The summed E-state index contributed by atoms with van der Waals surface area (Å²) in [7, 11) is 0. The summed E-state index contributed by atoms with van der Waals surface area (Å²) in [6.07, 6.45) is 1.75. The molecule has 1 N–H and O–H groups in total. The molecule has 1 aliphatic heterocycles. The molecule has 1 aromatic carbocycles. The van der Waals surface area contributed by atoms with Crippen LogP contribution in [0.15, 0.2) is 45.5 Å². The highest BCUT2D eigenvalue weighted by Crippen LogP contribution is 2.19. The van der Waals surface area contributed by atoms with Crippen LogP contribution in [0.3, 0.4) is 0 Å². The maximum Gasteiger partial charge on any atom is 0.289 e. The standard InChI is InChI=1S/C18H19BrFN3O3/c19-13-3-4-15(14(20)12-13)21-17(24)5-6-22-7-9-23(10-8-22)18(25)16-2-1-11-26-16/h1-4,11-12H,5-10H2,(H,21,24). The van der Waals surface area contributed by atoms with E-state index in [1.807, 2.05) is 0 Å². The van der Waals surface area contributed by atoms with Gasteiger partial charge in [-0.2, -0.15) is 0 Å². The van der Waals surface area contributed by atoms with Crippen molar-refractivity contribution in [1.82, 2.24) is 9.80 Å². The van der Waals surface area contributed by atoms with Crippen molar-refractivity contribution in [3.8, 4) is 0 Å². The Kier molecular flexibility index (Phi) is 6.05. The topological polar surface area (TPSA) is 65.8 Å². The lowest BCUT2D eigenvalue weighted by atomic mass is 10.2. The lowest BCUT2D eigenvalue weighted by Gasteiger charge is -2.34. The molecule has 1 fully saturated rings. The number of hydrogen-bond donors (Lipinski definition) is 1. The van der Waals surface area contributed by atoms with Crippen molar-refractivity contribution < 1.29 is 18.4 Å². The van der Waals surface area contributed by atoms with E-state index in [0.29, 0.717) is 43.0 Å². The molecular formula is C18H19BrFN3O3. The number of furan rings is 1. The van der Waals surface area contributed by atoms with Gasteiger partial charge in [0.1, 0.15) is 5.82 Å². The van der Waals surface area contributed by atoms with Gasteiger partial charge in [-0.3, -0.25) is 14.5 Å². The molecule has 2 amide bonds. The minimum Gasteiger partial charge on any atom is -0.459 e. The maximum absolute atomic E-state index is 13.7. The first-order valence-corrected chi connectivity index (χ1v) is 9.12. The minimum atomic E-state index is -0.474. The molecule has 0 saturated carbocycles. The quantitative estimate of drug-likeness (QED) is 0.802. The zero-order valence-electron chi connectivity index (χ0n) is 14.1. The van der Waals surface area contributed by atoms with Crippen LogP contribution < -0.4 is 5.32 Å². The summed E-state index contributed by atoms with van der Waals surface area (Å²) >= 11 is 3.18. The number of rotatable bonds is 5. The molecule has 0 radical (unpaired) electrons. The second-order valence-electron chi connectivity index (χ2n) is 6.03. The summed E-state index contributed by atoms with van der Waals surface area (Å²) in [4.78, 5) is 28.1. The number of anilines is 1. The van der Waals surface area contributed by atoms with Gasteiger partial charge in [-0.1, -0.05) is 15.9 Å². The molecule has 1 saturated heterocycles. The van der Waals surface area contributed by atoms with Crippen LogP contribution in [-0.2, 0) is 4.79 Å². The molecule has 0 bridgehead atoms. The van der Waals surface area contributed by atoms with Crippen LogP contribution in [-0.4, -0.2) is 54.3 Å². The first-order chi connectivity index (χ1) is 12.5. The number of piperazine rings is 1. The van der Waals surface area contributed by atoms with E-state index in [1.165, 1.54) is 18.4 Å². The van der Waals surface area contributed by atoms with Crippen LogP contribution in [0.2, 0.25) is 0 Å². The number of benzene rings is 1. The van der Waals surface area contributed by atoms with Gasteiger partial charge in [-0.25, -0.2) is 4.39 Å². The largest absolute Gasteiger partial charge is 0.459 e. The molecule has 8 heteroatoms. The van der Waals surface area contributed by atoms with Gasteiger partial charge in [0.15, 0.2) is 5.76 Å². The number of carbonyl (C=O) groups is 2. The van der Waals surface area contributed by atoms with E-state index in [0.717, 1.165) is 0 Å². The van der Waals surface area contributed by atoms with Crippen molar-refractivity contribution in [3.05, 3.63) is 52.6 Å². The smallest absolute Gasteiger partial charge is 0.289 e. The number of halogens is 2. The van der Waals surface area contributed by atoms with Crippen molar-refractivity contribution in [3.63, 3.8) is 0 Å². The Bertz CT molecular complexity index is 774. The SMILES string of the molecule is O=C(CCN1CCN(C(=O)c2ccco2)CC1)Nc1ccc(Br)cc1F. The summed E-state index contributed by atoms with van der Waals surface area (Å²) in [5, 5.41) is 2.58. The van der Waals surface area contributed by atoms with Gasteiger partial charge in [0.2, 0.25) is 5.91 Å². The Morgan fingerprint density at radius 2 is 1.96 bits per heavy atom. The average Bonchev–Trinajstić information content (AvgIpc) is 3.17. The first kappa shape index (κ1) is 18.6. The minimum absolute atomic E-state index is 0.113. The Morgan fingerprint density at radius 1 is 1.19 bits per heavy atom. The third-order valence-corrected chi connectivity index (χ3v) is 4.75. The van der Waals surface area contributed by atoms with Gasteiger partial charge in [0.25, 0.3) is 5.91 Å². The molecule has 3 rings (SSSR count). The molecule has 6 nitrogen and oxygen atoms in total. The van der Waals surface area contributed by atoms with Crippen LogP contribution in [0.4, 0.5) is 10.1 Å². The van der Waals surface area contributed by atoms with Crippen molar-refractivity contribution in [2.45, 2.75) is 6.42 Å². The van der Waals surface area contributed by atoms with Crippen molar-refractivity contribution in [2.24, 2.45) is 0 Å². The van der Waals surface area contributed by atoms with Crippen molar-refractivity contribution >= 4 is 33.4 Å². The van der Waals surface area contributed by atoms with Gasteiger partial charge >= 0.3 is 0 Å². The van der Waals surface area contributed by atoms with Crippen LogP contribution in [0.25, 0.3) is 0 Å². The number of hydrogen-bond acceptors (Lipinski definition) is 4. The number of carbonyl (C=O) groups excluding carboxylic acids is 2. The van der Waals surface area contributed by atoms with E-state index in [1.54, 1.807) is 23.1 Å². The van der Waals surface area contributed by atoms with E-state index < -0.39 is 5.82 Å². The van der Waals surface area contributed by atoms with Crippen LogP contribution in [0.5, 0.6) is 0 Å². The number of amides is 2. The molecule has 0 aliphatic carbocycles. The molecule has 1 aliphatic rings. The molecule has 138 valence electrons. The van der Waals surface area contributed by atoms with Gasteiger partial charge in [0, 0.05) is 43.6 Å². The predicted molar refractivity (Wildman–Crippen MR) is 98.4 cm³/mol. The summed E-state index contributed by atoms with van der Waals surface area (Å²) in [5.41, 5.74) is 0.173. The average molecular weight is 424 g/mol. The molecule has 1 aromatic heterocycles. The maximum atomic E-state index is 13.7. The Balaban J connectivity index is 1.42. The van der Waals surface area contributed by atoms with Crippen molar-refractivity contribution in [2.75, 3.05) is 38.0 Å². The highest BCUT2D eigenvalue weighted by molar-refractivity contribution is 9.10. The fraction of sp³-hybridized carbons (Fsp3) is 0.333. The van der Waals surface area contributed by atoms with Crippen LogP contribution >= 0.6 is 15.9 Å². The Hall–Kier alpha value is -2.19. The molecular weight excluding hydrogens is 405 g/mol. The fourth-order valence-corrected chi connectivity index (χ4v) is 3.13. The number of nitrogens with zero attached hydrogens (tertiary/aromatic N) is 2. The zero-order valence-corrected chi connectivity index (χ0v) is 15.7. The summed E-state index contributed by atoms with van der Waals surface area (Å²) in [6, 6.07) is 7.85. The summed E-state index contributed by atoms with van der Waals surface area (Å²) < 4.78 is 19.5. The van der Waals surface area contributed by atoms with Gasteiger partial charge in [0.05, 0.1) is 12.0 Å². The monoisotopic (exact) mass is 423 g/mol. The lowest BCUT2D eigenvalue weighted by Crippen LogP contribution is -2.49. The van der Waals surface area contributed by atoms with Gasteiger partial charge < -0.3 is 14.6 Å². The Morgan fingerprint density at radius 3 is 2.62 bits per heavy atom. The highest BCUT2D eigenvalue weighted by Gasteiger charge is 2.23. The molecule has 2 heterocycles. The van der Waals surface area contributed by atoms with Gasteiger partial charge in [-0.15, -0.1) is 0 Å². The van der Waals surface area contributed by atoms with Crippen LogP contribution in [0.1, 0.15) is 17.0 Å². The molecule has 2 aromatic rings. The molecule has 26 heavy (non-hydrogen) atoms. The van der Waals surface area contributed by atoms with E-state index in [4.69, 9.17) is 4.42 Å². The molecule has 0 atom stereocenters. The summed E-state index contributed by atoms with van der Waals surface area (Å²) in [6.45, 7) is 3.11. The predicted octanol–water partition coefficient (Wildman–Crippen LogP) is 2.97. The van der Waals surface area contributed by atoms with E-state index in [2.05, 4.69) is 26.1 Å². The third-order valence-electron chi connectivity index (χ3n) is 4.25. The highest BCUT2D eigenvalue weighted by atomic mass is 79.9. The molecule has 0 unspecified atom stereocenters. The Labute approximate surface area is 159 Å². The lowest BCUT2D eigenvalue weighted by molar-refractivity contribution is -0.116.